The molecule has 0 unspecified atom stereocenters. The van der Waals surface area contributed by atoms with Gasteiger partial charge in [0.05, 0.1) is 0 Å². The van der Waals surface area contributed by atoms with Gasteiger partial charge in [-0.25, -0.2) is 0 Å². The molecule has 4 N–H and O–H groups in total. The van der Waals surface area contributed by atoms with Crippen molar-refractivity contribution < 1.29 is 0 Å². The van der Waals surface area contributed by atoms with E-state index in [1.54, 1.807) is 0 Å². The lowest BCUT2D eigenvalue weighted by atomic mass is 10.0. The van der Waals surface area contributed by atoms with E-state index in [4.69, 9.17) is 11.5 Å². The number of aryl methyl sites for hydroxylation is 1. The average molecular weight is 379 g/mol. The molecule has 0 atom stereocenters. The van der Waals surface area contributed by atoms with Crippen LogP contribution in [0.5, 0.6) is 0 Å². The van der Waals surface area contributed by atoms with Gasteiger partial charge in [-0.15, -0.1) is 11.3 Å². The highest BCUT2D eigenvalue weighted by Crippen LogP contribution is 2.39. The monoisotopic (exact) mass is 378 g/mol. The van der Waals surface area contributed by atoms with Crippen LogP contribution in [-0.4, -0.2) is 0 Å². The fourth-order valence-electron chi connectivity index (χ4n) is 3.38. The highest BCUT2D eigenvalue weighted by molar-refractivity contribution is 7.19. The van der Waals surface area contributed by atoms with Crippen molar-refractivity contribution in [3.05, 3.63) is 60.2 Å². The van der Waals surface area contributed by atoms with E-state index in [-0.39, 0.29) is 0 Å². The average Bonchev–Trinajstić information content (AvgIpc) is 3.10. The maximum atomic E-state index is 5.88. The van der Waals surface area contributed by atoms with Gasteiger partial charge in [-0.2, -0.15) is 0 Å². The van der Waals surface area contributed by atoms with Crippen molar-refractivity contribution in [2.45, 2.75) is 51.9 Å². The third-order valence-corrected chi connectivity index (χ3v) is 6.25. The molecular formula is C24H30N2S. The summed E-state index contributed by atoms with van der Waals surface area (Å²) in [5.41, 5.74) is 17.3. The number of anilines is 2. The van der Waals surface area contributed by atoms with E-state index in [9.17, 15) is 0 Å². The quantitative estimate of drug-likeness (QED) is 0.307. The van der Waals surface area contributed by atoms with E-state index >= 15 is 0 Å². The minimum atomic E-state index is 0.807. The summed E-state index contributed by atoms with van der Waals surface area (Å²) >= 11 is 1.87. The Hall–Kier alpha value is -2.26. The van der Waals surface area contributed by atoms with Gasteiger partial charge in [0.25, 0.3) is 0 Å². The predicted molar refractivity (Wildman–Crippen MR) is 121 cm³/mol. The molecule has 3 heteroatoms. The molecule has 0 aliphatic carbocycles. The van der Waals surface area contributed by atoms with Crippen LogP contribution < -0.4 is 11.5 Å². The zero-order chi connectivity index (χ0) is 19.1. The molecule has 1 aromatic heterocycles. The Kier molecular flexibility index (Phi) is 6.94. The molecule has 3 aromatic rings. The third kappa shape index (κ3) is 5.36. The summed E-state index contributed by atoms with van der Waals surface area (Å²) in [4.78, 5) is 2.68. The van der Waals surface area contributed by atoms with Crippen molar-refractivity contribution in [1.29, 1.82) is 0 Å². The van der Waals surface area contributed by atoms with Crippen molar-refractivity contribution in [2.75, 3.05) is 11.5 Å². The fraction of sp³-hybridized carbons (Fsp3) is 0.333. The van der Waals surface area contributed by atoms with Crippen molar-refractivity contribution in [2.24, 2.45) is 0 Å². The van der Waals surface area contributed by atoms with E-state index in [1.165, 1.54) is 65.0 Å². The number of unbranched alkanes of at least 4 members (excludes halogenated alkanes) is 5. The molecule has 0 aliphatic heterocycles. The van der Waals surface area contributed by atoms with E-state index in [0.717, 1.165) is 17.8 Å². The first-order chi connectivity index (χ1) is 13.2. The van der Waals surface area contributed by atoms with Gasteiger partial charge in [0, 0.05) is 21.1 Å². The summed E-state index contributed by atoms with van der Waals surface area (Å²) in [6.45, 7) is 2.27. The minimum Gasteiger partial charge on any atom is -0.399 e. The smallest absolute Gasteiger partial charge is 0.0381 e. The van der Waals surface area contributed by atoms with Crippen LogP contribution in [0.3, 0.4) is 0 Å². The summed E-state index contributed by atoms with van der Waals surface area (Å²) in [6.07, 6.45) is 9.07. The van der Waals surface area contributed by atoms with Gasteiger partial charge in [0.2, 0.25) is 0 Å². The normalized spacial score (nSPS) is 11.0. The molecular weight excluding hydrogens is 348 g/mol. The van der Waals surface area contributed by atoms with E-state index in [2.05, 4.69) is 37.3 Å². The van der Waals surface area contributed by atoms with Crippen LogP contribution in [0, 0.1) is 0 Å². The molecule has 0 saturated carbocycles. The number of rotatable bonds is 9. The number of benzene rings is 2. The van der Waals surface area contributed by atoms with Gasteiger partial charge >= 0.3 is 0 Å². The first-order valence-corrected chi connectivity index (χ1v) is 10.8. The van der Waals surface area contributed by atoms with Gasteiger partial charge in [-0.1, -0.05) is 63.3 Å². The second-order valence-corrected chi connectivity index (χ2v) is 8.28. The Labute approximate surface area is 167 Å². The lowest BCUT2D eigenvalue weighted by Crippen LogP contribution is -1.88. The van der Waals surface area contributed by atoms with E-state index in [0.29, 0.717) is 0 Å². The Balaban J connectivity index is 1.80. The van der Waals surface area contributed by atoms with Crippen molar-refractivity contribution in [1.82, 2.24) is 0 Å². The number of hydrogen-bond donors (Lipinski definition) is 2. The molecule has 0 bridgehead atoms. The van der Waals surface area contributed by atoms with Gasteiger partial charge in [0.15, 0.2) is 0 Å². The Morgan fingerprint density at radius 1 is 0.704 bits per heavy atom. The molecule has 0 amide bonds. The Morgan fingerprint density at radius 2 is 1.26 bits per heavy atom. The number of thiophene rings is 1. The van der Waals surface area contributed by atoms with Gasteiger partial charge in [0.1, 0.15) is 0 Å². The van der Waals surface area contributed by atoms with E-state index < -0.39 is 0 Å². The van der Waals surface area contributed by atoms with Gasteiger partial charge < -0.3 is 11.5 Å². The van der Waals surface area contributed by atoms with Crippen LogP contribution in [0.25, 0.3) is 20.9 Å². The van der Waals surface area contributed by atoms with Gasteiger partial charge in [-0.05, 0) is 59.9 Å². The van der Waals surface area contributed by atoms with Crippen LogP contribution in [0.2, 0.25) is 0 Å². The van der Waals surface area contributed by atoms with Crippen molar-refractivity contribution in [3.63, 3.8) is 0 Å². The molecule has 0 saturated heterocycles. The summed E-state index contributed by atoms with van der Waals surface area (Å²) in [6, 6.07) is 18.8. The topological polar surface area (TPSA) is 52.0 Å². The number of nitrogen functional groups attached to an aromatic ring is 2. The zero-order valence-electron chi connectivity index (χ0n) is 16.2. The SMILES string of the molecule is CCCCCCCCc1cc(-c2ccc(N)cc2)sc1-c1ccc(N)cc1. The molecule has 0 aliphatic rings. The molecule has 142 valence electrons. The molecule has 2 aromatic carbocycles. The summed E-state index contributed by atoms with van der Waals surface area (Å²) in [5.74, 6) is 0. The van der Waals surface area contributed by atoms with Crippen molar-refractivity contribution in [3.8, 4) is 20.9 Å². The lowest BCUT2D eigenvalue weighted by molar-refractivity contribution is 0.608. The predicted octanol–water partition coefficient (Wildman–Crippen LogP) is 7.15. The zero-order valence-corrected chi connectivity index (χ0v) is 17.0. The summed E-state index contributed by atoms with van der Waals surface area (Å²) < 4.78 is 0. The standard InChI is InChI=1S/C24H30N2S/c1-2-3-4-5-6-7-8-20-17-23(18-9-13-21(25)14-10-18)27-24(20)19-11-15-22(26)16-12-19/h9-17H,2-8,25-26H2,1H3. The minimum absolute atomic E-state index is 0.807. The first kappa shape index (κ1) is 19.5. The highest BCUT2D eigenvalue weighted by Gasteiger charge is 2.12. The van der Waals surface area contributed by atoms with Gasteiger partial charge in [-0.3, -0.25) is 0 Å². The van der Waals surface area contributed by atoms with E-state index in [1.807, 2.05) is 35.6 Å². The molecule has 0 fully saturated rings. The Morgan fingerprint density at radius 3 is 1.89 bits per heavy atom. The third-order valence-electron chi connectivity index (χ3n) is 4.98. The molecule has 2 nitrogen and oxygen atoms in total. The van der Waals surface area contributed by atoms with Crippen LogP contribution in [-0.2, 0) is 6.42 Å². The Bertz CT molecular complexity index is 832. The summed E-state index contributed by atoms with van der Waals surface area (Å²) in [7, 11) is 0. The molecule has 0 radical (unpaired) electrons. The second kappa shape index (κ2) is 9.61. The number of hydrogen-bond acceptors (Lipinski definition) is 3. The first-order valence-electron chi connectivity index (χ1n) is 10.0. The second-order valence-electron chi connectivity index (χ2n) is 7.23. The molecule has 27 heavy (non-hydrogen) atoms. The van der Waals surface area contributed by atoms with Crippen LogP contribution in [0.4, 0.5) is 11.4 Å². The highest BCUT2D eigenvalue weighted by atomic mass is 32.1. The van der Waals surface area contributed by atoms with Crippen LogP contribution in [0.15, 0.2) is 54.6 Å². The number of nitrogens with two attached hydrogens (primary N) is 2. The maximum absolute atomic E-state index is 5.88. The van der Waals surface area contributed by atoms with Crippen LogP contribution >= 0.6 is 11.3 Å². The summed E-state index contributed by atoms with van der Waals surface area (Å²) in [5, 5.41) is 0. The lowest BCUT2D eigenvalue weighted by Gasteiger charge is -2.05. The fourth-order valence-corrected chi connectivity index (χ4v) is 4.60. The largest absolute Gasteiger partial charge is 0.399 e. The molecule has 1 heterocycles. The molecule has 3 rings (SSSR count). The molecule has 0 spiro atoms. The van der Waals surface area contributed by atoms with Crippen LogP contribution in [0.1, 0.15) is 51.0 Å². The maximum Gasteiger partial charge on any atom is 0.0381 e. The van der Waals surface area contributed by atoms with Crippen molar-refractivity contribution >= 4 is 22.7 Å².